The molecule has 0 unspecified atom stereocenters. The zero-order valence-corrected chi connectivity index (χ0v) is 10.1. The van der Waals surface area contributed by atoms with E-state index in [1.165, 1.54) is 12.8 Å². The molecular weight excluding hydrogens is 212 g/mol. The summed E-state index contributed by atoms with van der Waals surface area (Å²) in [6.07, 6.45) is 5.19. The number of hydrogen-bond donors (Lipinski definition) is 1. The van der Waals surface area contributed by atoms with Crippen LogP contribution in [-0.4, -0.2) is 11.6 Å². The number of anilines is 1. The van der Waals surface area contributed by atoms with E-state index in [1.54, 1.807) is 6.20 Å². The molecule has 0 aliphatic heterocycles. The molecule has 2 rings (SSSR count). The number of nitrogen functional groups attached to an aromatic ring is 1. The lowest BCUT2D eigenvalue weighted by Crippen LogP contribution is -1.97. The third-order valence-corrected chi connectivity index (χ3v) is 2.69. The molecule has 0 spiro atoms. The Morgan fingerprint density at radius 1 is 1.24 bits per heavy atom. The number of hydrogen-bond acceptors (Lipinski definition) is 3. The summed E-state index contributed by atoms with van der Waals surface area (Å²) in [5.41, 5.74) is 7.34. The fourth-order valence-corrected chi connectivity index (χ4v) is 1.76. The second-order valence-electron chi connectivity index (χ2n) is 4.18. The van der Waals surface area contributed by atoms with Crippen LogP contribution in [0, 0.1) is 0 Å². The first-order valence-corrected chi connectivity index (χ1v) is 6.07. The normalized spacial score (nSPS) is 10.6. The Morgan fingerprint density at radius 3 is 2.94 bits per heavy atom. The minimum absolute atomic E-state index is 0.681. The van der Waals surface area contributed by atoms with Crippen molar-refractivity contribution in [3.05, 3.63) is 30.5 Å². The van der Waals surface area contributed by atoms with Crippen molar-refractivity contribution in [1.29, 1.82) is 0 Å². The molecule has 3 nitrogen and oxygen atoms in total. The van der Waals surface area contributed by atoms with Gasteiger partial charge in [-0.15, -0.1) is 0 Å². The number of fused-ring (bicyclic) bond motifs is 1. The molecule has 0 bridgehead atoms. The number of aromatic nitrogens is 1. The molecule has 17 heavy (non-hydrogen) atoms. The Morgan fingerprint density at radius 2 is 2.12 bits per heavy atom. The second kappa shape index (κ2) is 5.53. The molecule has 2 N–H and O–H groups in total. The van der Waals surface area contributed by atoms with E-state index in [4.69, 9.17) is 10.5 Å². The van der Waals surface area contributed by atoms with Crippen LogP contribution >= 0.6 is 0 Å². The highest BCUT2D eigenvalue weighted by Gasteiger charge is 1.99. The second-order valence-corrected chi connectivity index (χ2v) is 4.18. The van der Waals surface area contributed by atoms with Gasteiger partial charge in [0.05, 0.1) is 24.0 Å². The van der Waals surface area contributed by atoms with Gasteiger partial charge in [0.25, 0.3) is 0 Å². The van der Waals surface area contributed by atoms with E-state index in [9.17, 15) is 0 Å². The van der Waals surface area contributed by atoms with Crippen molar-refractivity contribution in [2.24, 2.45) is 0 Å². The predicted molar refractivity (Wildman–Crippen MR) is 71.2 cm³/mol. The highest BCUT2D eigenvalue weighted by molar-refractivity contribution is 5.82. The third kappa shape index (κ3) is 3.09. The first-order valence-electron chi connectivity index (χ1n) is 6.07. The van der Waals surface area contributed by atoms with Gasteiger partial charge < -0.3 is 10.5 Å². The lowest BCUT2D eigenvalue weighted by molar-refractivity contribution is 0.306. The molecule has 0 aliphatic rings. The van der Waals surface area contributed by atoms with Crippen molar-refractivity contribution < 1.29 is 4.74 Å². The fraction of sp³-hybridized carbons (Fsp3) is 0.357. The van der Waals surface area contributed by atoms with E-state index < -0.39 is 0 Å². The average molecular weight is 230 g/mol. The third-order valence-electron chi connectivity index (χ3n) is 2.69. The van der Waals surface area contributed by atoms with Gasteiger partial charge in [-0.3, -0.25) is 4.98 Å². The summed E-state index contributed by atoms with van der Waals surface area (Å²) in [6, 6.07) is 7.83. The number of benzene rings is 1. The maximum absolute atomic E-state index is 5.71. The minimum atomic E-state index is 0.681. The molecule has 1 heterocycles. The van der Waals surface area contributed by atoms with E-state index in [0.29, 0.717) is 5.69 Å². The summed E-state index contributed by atoms with van der Waals surface area (Å²) in [5, 5.41) is 1.03. The van der Waals surface area contributed by atoms with Gasteiger partial charge in [-0.05, 0) is 30.7 Å². The lowest BCUT2D eigenvalue weighted by Gasteiger charge is -2.06. The summed E-state index contributed by atoms with van der Waals surface area (Å²) in [6.45, 7) is 2.96. The summed E-state index contributed by atoms with van der Waals surface area (Å²) in [5.74, 6) is 0.890. The Balaban J connectivity index is 2.08. The Hall–Kier alpha value is -1.77. The van der Waals surface area contributed by atoms with E-state index in [2.05, 4.69) is 11.9 Å². The minimum Gasteiger partial charge on any atom is -0.494 e. The summed E-state index contributed by atoms with van der Waals surface area (Å²) in [4.78, 5) is 4.25. The van der Waals surface area contributed by atoms with Crippen LogP contribution in [0.3, 0.4) is 0 Å². The van der Waals surface area contributed by atoms with Crippen LogP contribution in [-0.2, 0) is 0 Å². The SMILES string of the molecule is CCCCCOc1ccc2ncc(N)cc2c1. The average Bonchev–Trinajstić information content (AvgIpc) is 2.34. The Kier molecular flexibility index (Phi) is 3.81. The van der Waals surface area contributed by atoms with Gasteiger partial charge in [0.15, 0.2) is 0 Å². The molecule has 0 saturated carbocycles. The zero-order chi connectivity index (χ0) is 12.1. The van der Waals surface area contributed by atoms with Crippen LogP contribution in [0.4, 0.5) is 5.69 Å². The van der Waals surface area contributed by atoms with Crippen LogP contribution in [0.1, 0.15) is 26.2 Å². The molecule has 0 atom stereocenters. The van der Waals surface area contributed by atoms with Crippen LogP contribution < -0.4 is 10.5 Å². The number of ether oxygens (including phenoxy) is 1. The maximum atomic E-state index is 5.71. The number of pyridine rings is 1. The Bertz CT molecular complexity index is 497. The topological polar surface area (TPSA) is 48.1 Å². The molecule has 0 aliphatic carbocycles. The standard InChI is InChI=1S/C14H18N2O/c1-2-3-4-7-17-13-5-6-14-11(9-13)8-12(15)10-16-14/h5-6,8-10H,2-4,7,15H2,1H3. The molecule has 0 fully saturated rings. The summed E-state index contributed by atoms with van der Waals surface area (Å²) in [7, 11) is 0. The highest BCUT2D eigenvalue weighted by atomic mass is 16.5. The van der Waals surface area contributed by atoms with E-state index in [0.717, 1.165) is 29.7 Å². The summed E-state index contributed by atoms with van der Waals surface area (Å²) < 4.78 is 5.69. The predicted octanol–water partition coefficient (Wildman–Crippen LogP) is 3.39. The number of rotatable bonds is 5. The van der Waals surface area contributed by atoms with Crippen molar-refractivity contribution in [2.75, 3.05) is 12.3 Å². The maximum Gasteiger partial charge on any atom is 0.120 e. The molecule has 90 valence electrons. The molecule has 2 aromatic rings. The first kappa shape index (κ1) is 11.7. The van der Waals surface area contributed by atoms with E-state index >= 15 is 0 Å². The molecule has 0 saturated heterocycles. The molecule has 3 heteroatoms. The lowest BCUT2D eigenvalue weighted by atomic mass is 10.2. The van der Waals surface area contributed by atoms with E-state index in [1.807, 2.05) is 24.3 Å². The van der Waals surface area contributed by atoms with Gasteiger partial charge in [-0.2, -0.15) is 0 Å². The van der Waals surface area contributed by atoms with Crippen LogP contribution in [0.2, 0.25) is 0 Å². The number of nitrogens with two attached hydrogens (primary N) is 1. The van der Waals surface area contributed by atoms with Gasteiger partial charge >= 0.3 is 0 Å². The van der Waals surface area contributed by atoms with Crippen LogP contribution in [0.15, 0.2) is 30.5 Å². The van der Waals surface area contributed by atoms with Gasteiger partial charge in [0.1, 0.15) is 5.75 Å². The molecule has 0 radical (unpaired) electrons. The van der Waals surface area contributed by atoms with Crippen molar-refractivity contribution in [1.82, 2.24) is 4.98 Å². The Labute approximate surface area is 102 Å². The number of nitrogens with zero attached hydrogens (tertiary/aromatic N) is 1. The molecular formula is C14H18N2O. The van der Waals surface area contributed by atoms with Crippen molar-refractivity contribution in [3.63, 3.8) is 0 Å². The van der Waals surface area contributed by atoms with Gasteiger partial charge in [-0.1, -0.05) is 19.8 Å². The number of unbranched alkanes of at least 4 members (excludes halogenated alkanes) is 2. The molecule has 0 amide bonds. The largest absolute Gasteiger partial charge is 0.494 e. The summed E-state index contributed by atoms with van der Waals surface area (Å²) >= 11 is 0. The molecule has 1 aromatic carbocycles. The van der Waals surface area contributed by atoms with E-state index in [-0.39, 0.29) is 0 Å². The van der Waals surface area contributed by atoms with Crippen LogP contribution in [0.5, 0.6) is 5.75 Å². The van der Waals surface area contributed by atoms with Crippen molar-refractivity contribution in [2.45, 2.75) is 26.2 Å². The van der Waals surface area contributed by atoms with Gasteiger partial charge in [0, 0.05) is 5.39 Å². The van der Waals surface area contributed by atoms with Gasteiger partial charge in [0.2, 0.25) is 0 Å². The quantitative estimate of drug-likeness (QED) is 0.801. The molecule has 1 aromatic heterocycles. The van der Waals surface area contributed by atoms with Crippen molar-refractivity contribution >= 4 is 16.6 Å². The first-order chi connectivity index (χ1) is 8.29. The zero-order valence-electron chi connectivity index (χ0n) is 10.1. The van der Waals surface area contributed by atoms with Crippen LogP contribution in [0.25, 0.3) is 10.9 Å². The van der Waals surface area contributed by atoms with Gasteiger partial charge in [-0.25, -0.2) is 0 Å². The smallest absolute Gasteiger partial charge is 0.120 e. The monoisotopic (exact) mass is 230 g/mol. The fourth-order valence-electron chi connectivity index (χ4n) is 1.76. The highest BCUT2D eigenvalue weighted by Crippen LogP contribution is 2.21. The van der Waals surface area contributed by atoms with Crippen molar-refractivity contribution in [3.8, 4) is 5.75 Å².